The second-order valence-electron chi connectivity index (χ2n) is 7.32. The van der Waals surface area contributed by atoms with E-state index in [2.05, 4.69) is 40.4 Å². The van der Waals surface area contributed by atoms with Gasteiger partial charge in [0.05, 0.1) is 11.1 Å². The lowest BCUT2D eigenvalue weighted by molar-refractivity contribution is 0.0772. The van der Waals surface area contributed by atoms with Gasteiger partial charge in [0.2, 0.25) is 0 Å². The molecule has 0 spiro atoms. The fourth-order valence-electron chi connectivity index (χ4n) is 2.78. The lowest BCUT2D eigenvalue weighted by Crippen LogP contribution is -2.34. The SMILES string of the molecule is CCN(CC)C(=O)c1cccc(NC(=S)NC(=O)c2ccc(OCC(C)C)c(Br)c2)c1. The van der Waals surface area contributed by atoms with E-state index in [1.165, 1.54) is 0 Å². The van der Waals surface area contributed by atoms with E-state index in [-0.39, 0.29) is 16.9 Å². The van der Waals surface area contributed by atoms with Crippen molar-refractivity contribution in [3.63, 3.8) is 0 Å². The summed E-state index contributed by atoms with van der Waals surface area (Å²) < 4.78 is 6.41. The maximum atomic E-state index is 12.6. The highest BCUT2D eigenvalue weighted by Gasteiger charge is 2.14. The number of nitrogens with zero attached hydrogens (tertiary/aromatic N) is 1. The lowest BCUT2D eigenvalue weighted by Gasteiger charge is -2.19. The molecule has 2 rings (SSSR count). The molecule has 2 N–H and O–H groups in total. The van der Waals surface area contributed by atoms with Crippen LogP contribution in [0.15, 0.2) is 46.9 Å². The third-order valence-electron chi connectivity index (χ3n) is 4.41. The zero-order valence-corrected chi connectivity index (χ0v) is 20.6. The van der Waals surface area contributed by atoms with Crippen molar-refractivity contribution >= 4 is 50.8 Å². The Labute approximate surface area is 197 Å². The number of rotatable bonds is 8. The highest BCUT2D eigenvalue weighted by atomic mass is 79.9. The average molecular weight is 506 g/mol. The van der Waals surface area contributed by atoms with E-state index in [1.807, 2.05) is 13.8 Å². The number of hydrogen-bond acceptors (Lipinski definition) is 4. The molecule has 0 fully saturated rings. The first kappa shape index (κ1) is 24.8. The molecule has 0 radical (unpaired) electrons. The maximum Gasteiger partial charge on any atom is 0.257 e. The Hall–Kier alpha value is -2.45. The van der Waals surface area contributed by atoms with Gasteiger partial charge in [0.15, 0.2) is 5.11 Å². The number of halogens is 1. The molecule has 6 nitrogen and oxygen atoms in total. The number of hydrogen-bond donors (Lipinski definition) is 2. The van der Waals surface area contributed by atoms with Crippen molar-refractivity contribution in [2.24, 2.45) is 5.92 Å². The molecule has 0 heterocycles. The van der Waals surface area contributed by atoms with Crippen LogP contribution in [-0.4, -0.2) is 41.5 Å². The number of amides is 2. The molecule has 0 aliphatic rings. The Morgan fingerprint density at radius 2 is 1.81 bits per heavy atom. The first-order valence-corrected chi connectivity index (χ1v) is 11.4. The Kier molecular flexibility index (Phi) is 9.45. The van der Waals surface area contributed by atoms with Crippen LogP contribution in [0, 0.1) is 5.92 Å². The zero-order valence-electron chi connectivity index (χ0n) is 18.2. The standard InChI is InChI=1S/C23H28BrN3O3S/c1-5-27(6-2)22(29)17-8-7-9-18(12-17)25-23(31)26-21(28)16-10-11-20(19(24)13-16)30-14-15(3)4/h7-13,15H,5-6,14H2,1-4H3,(H2,25,26,28,31). The minimum atomic E-state index is -0.344. The molecule has 2 aromatic rings. The minimum Gasteiger partial charge on any atom is -0.492 e. The van der Waals surface area contributed by atoms with Crippen molar-refractivity contribution < 1.29 is 14.3 Å². The Bertz CT molecular complexity index is 945. The molecule has 0 unspecified atom stereocenters. The van der Waals surface area contributed by atoms with Crippen molar-refractivity contribution in [1.82, 2.24) is 10.2 Å². The predicted molar refractivity (Wildman–Crippen MR) is 132 cm³/mol. The van der Waals surface area contributed by atoms with E-state index in [9.17, 15) is 9.59 Å². The second kappa shape index (κ2) is 11.8. The van der Waals surface area contributed by atoms with Crippen LogP contribution in [0.3, 0.4) is 0 Å². The van der Waals surface area contributed by atoms with Crippen LogP contribution in [0.25, 0.3) is 0 Å². The van der Waals surface area contributed by atoms with Gasteiger partial charge in [-0.15, -0.1) is 0 Å². The molecule has 31 heavy (non-hydrogen) atoms. The monoisotopic (exact) mass is 505 g/mol. The summed E-state index contributed by atoms with van der Waals surface area (Å²) in [5.41, 5.74) is 1.63. The summed E-state index contributed by atoms with van der Waals surface area (Å²) in [6.07, 6.45) is 0. The van der Waals surface area contributed by atoms with E-state index in [0.717, 1.165) is 0 Å². The van der Waals surface area contributed by atoms with Crippen LogP contribution in [0.5, 0.6) is 5.75 Å². The van der Waals surface area contributed by atoms with Gasteiger partial charge in [0.1, 0.15) is 5.75 Å². The predicted octanol–water partition coefficient (Wildman–Crippen LogP) is 5.09. The molecule has 166 valence electrons. The number of ether oxygens (including phenoxy) is 1. The van der Waals surface area contributed by atoms with Gasteiger partial charge in [0, 0.05) is 29.9 Å². The van der Waals surface area contributed by atoms with Gasteiger partial charge >= 0.3 is 0 Å². The molecule has 8 heteroatoms. The van der Waals surface area contributed by atoms with E-state index in [0.29, 0.717) is 52.7 Å². The lowest BCUT2D eigenvalue weighted by atomic mass is 10.1. The van der Waals surface area contributed by atoms with Crippen LogP contribution in [0.4, 0.5) is 5.69 Å². The topological polar surface area (TPSA) is 70.7 Å². The molecule has 0 saturated heterocycles. The summed E-state index contributed by atoms with van der Waals surface area (Å²) in [6, 6.07) is 12.2. The number of benzene rings is 2. The van der Waals surface area contributed by atoms with Gasteiger partial charge in [0.25, 0.3) is 11.8 Å². The summed E-state index contributed by atoms with van der Waals surface area (Å²) in [4.78, 5) is 26.8. The largest absolute Gasteiger partial charge is 0.492 e. The first-order valence-electron chi connectivity index (χ1n) is 10.2. The maximum absolute atomic E-state index is 12.6. The van der Waals surface area contributed by atoms with Gasteiger partial charge in [-0.1, -0.05) is 19.9 Å². The van der Waals surface area contributed by atoms with Crippen molar-refractivity contribution in [1.29, 1.82) is 0 Å². The van der Waals surface area contributed by atoms with Crippen LogP contribution in [0.1, 0.15) is 48.4 Å². The van der Waals surface area contributed by atoms with E-state index < -0.39 is 0 Å². The molecule has 0 aliphatic carbocycles. The highest BCUT2D eigenvalue weighted by molar-refractivity contribution is 9.10. The molecule has 2 amide bonds. The first-order chi connectivity index (χ1) is 14.7. The number of carbonyl (C=O) groups is 2. The Morgan fingerprint density at radius 3 is 2.42 bits per heavy atom. The van der Waals surface area contributed by atoms with E-state index in [1.54, 1.807) is 47.4 Å². The third-order valence-corrected chi connectivity index (χ3v) is 5.24. The highest BCUT2D eigenvalue weighted by Crippen LogP contribution is 2.26. The third kappa shape index (κ3) is 7.33. The van der Waals surface area contributed by atoms with Crippen LogP contribution in [0.2, 0.25) is 0 Å². The fourth-order valence-corrected chi connectivity index (χ4v) is 3.48. The quantitative estimate of drug-likeness (QED) is 0.488. The van der Waals surface area contributed by atoms with Crippen molar-refractivity contribution in [3.05, 3.63) is 58.1 Å². The summed E-state index contributed by atoms with van der Waals surface area (Å²) in [7, 11) is 0. The minimum absolute atomic E-state index is 0.0479. The van der Waals surface area contributed by atoms with Gasteiger partial charge < -0.3 is 15.0 Å². The summed E-state index contributed by atoms with van der Waals surface area (Å²) >= 11 is 8.71. The molecule has 0 aromatic heterocycles. The van der Waals surface area contributed by atoms with Crippen molar-refractivity contribution in [2.45, 2.75) is 27.7 Å². The number of carbonyl (C=O) groups excluding carboxylic acids is 2. The van der Waals surface area contributed by atoms with Crippen molar-refractivity contribution in [3.8, 4) is 5.75 Å². The fraction of sp³-hybridized carbons (Fsp3) is 0.348. The summed E-state index contributed by atoms with van der Waals surface area (Å²) in [6.45, 7) is 9.88. The molecule has 0 saturated carbocycles. The van der Waals surface area contributed by atoms with E-state index >= 15 is 0 Å². The molecule has 0 atom stereocenters. The number of thiocarbonyl (C=S) groups is 1. The van der Waals surface area contributed by atoms with E-state index in [4.69, 9.17) is 17.0 Å². The van der Waals surface area contributed by atoms with Crippen LogP contribution < -0.4 is 15.4 Å². The summed E-state index contributed by atoms with van der Waals surface area (Å²) in [5, 5.41) is 5.77. The normalized spacial score (nSPS) is 10.5. The molecule has 0 bridgehead atoms. The smallest absolute Gasteiger partial charge is 0.257 e. The molecular weight excluding hydrogens is 478 g/mol. The molecule has 0 aliphatic heterocycles. The van der Waals surface area contributed by atoms with Crippen molar-refractivity contribution in [2.75, 3.05) is 25.0 Å². The summed E-state index contributed by atoms with van der Waals surface area (Å²) in [5.74, 6) is 0.692. The number of nitrogens with one attached hydrogen (secondary N) is 2. The van der Waals surface area contributed by atoms with Gasteiger partial charge in [-0.2, -0.15) is 0 Å². The van der Waals surface area contributed by atoms with Gasteiger partial charge in [-0.25, -0.2) is 0 Å². The number of anilines is 1. The van der Waals surface area contributed by atoms with Crippen LogP contribution in [-0.2, 0) is 0 Å². The second-order valence-corrected chi connectivity index (χ2v) is 8.58. The Morgan fingerprint density at radius 1 is 1.10 bits per heavy atom. The molecule has 2 aromatic carbocycles. The zero-order chi connectivity index (χ0) is 23.0. The van der Waals surface area contributed by atoms with Gasteiger partial charge in [-0.05, 0) is 84.3 Å². The van der Waals surface area contributed by atoms with Crippen LogP contribution >= 0.6 is 28.1 Å². The van der Waals surface area contributed by atoms with Gasteiger partial charge in [-0.3, -0.25) is 14.9 Å². The molecular formula is C23H28BrN3O3S. The average Bonchev–Trinajstić information content (AvgIpc) is 2.73. The Balaban J connectivity index is 2.01.